The Morgan fingerprint density at radius 1 is 1.13 bits per heavy atom. The molecular formula is C12H25N7O4. The second-order valence-corrected chi connectivity index (χ2v) is 4.65. The van der Waals surface area contributed by atoms with Gasteiger partial charge in [-0.1, -0.05) is 0 Å². The van der Waals surface area contributed by atoms with E-state index >= 15 is 0 Å². The predicted molar refractivity (Wildman–Crippen MR) is 84.4 cm³/mol. The molecule has 0 saturated carbocycles. The molecule has 0 saturated heterocycles. The SMILES string of the molecule is NCCNCC(=O)NCC(=O)N[C@@H](CCCN=C(N)N)C(=O)O. The van der Waals surface area contributed by atoms with Crippen molar-refractivity contribution in [2.45, 2.75) is 18.9 Å². The lowest BCUT2D eigenvalue weighted by Gasteiger charge is -2.14. The van der Waals surface area contributed by atoms with Gasteiger partial charge in [-0.05, 0) is 12.8 Å². The number of hydrogen-bond donors (Lipinski definition) is 7. The molecule has 0 aromatic carbocycles. The highest BCUT2D eigenvalue weighted by molar-refractivity contribution is 5.88. The van der Waals surface area contributed by atoms with Crippen molar-refractivity contribution in [3.63, 3.8) is 0 Å². The molecule has 0 heterocycles. The second kappa shape index (κ2) is 12.2. The lowest BCUT2D eigenvalue weighted by atomic mass is 10.1. The van der Waals surface area contributed by atoms with E-state index in [4.69, 9.17) is 22.3 Å². The Morgan fingerprint density at radius 2 is 1.83 bits per heavy atom. The topological polar surface area (TPSA) is 198 Å². The number of rotatable bonds is 12. The maximum atomic E-state index is 11.6. The largest absolute Gasteiger partial charge is 0.480 e. The van der Waals surface area contributed by atoms with Gasteiger partial charge in [0.05, 0.1) is 13.1 Å². The third kappa shape index (κ3) is 11.9. The summed E-state index contributed by atoms with van der Waals surface area (Å²) in [7, 11) is 0. The first kappa shape index (κ1) is 20.6. The maximum Gasteiger partial charge on any atom is 0.326 e. The Balaban J connectivity index is 4.07. The Morgan fingerprint density at radius 3 is 2.39 bits per heavy atom. The highest BCUT2D eigenvalue weighted by Crippen LogP contribution is 1.98. The fraction of sp³-hybridized carbons (Fsp3) is 0.667. The van der Waals surface area contributed by atoms with Crippen molar-refractivity contribution in [2.75, 3.05) is 32.7 Å². The fourth-order valence-corrected chi connectivity index (χ4v) is 1.55. The lowest BCUT2D eigenvalue weighted by Crippen LogP contribution is -2.46. The van der Waals surface area contributed by atoms with E-state index in [1.54, 1.807) is 0 Å². The number of carbonyl (C=O) groups excluding carboxylic acids is 2. The number of nitrogens with two attached hydrogens (primary N) is 3. The van der Waals surface area contributed by atoms with Crippen molar-refractivity contribution < 1.29 is 19.5 Å². The molecule has 0 fully saturated rings. The highest BCUT2D eigenvalue weighted by atomic mass is 16.4. The van der Waals surface area contributed by atoms with E-state index in [-0.39, 0.29) is 37.9 Å². The van der Waals surface area contributed by atoms with E-state index in [1.165, 1.54) is 0 Å². The molecule has 10 N–H and O–H groups in total. The molecule has 2 amide bonds. The van der Waals surface area contributed by atoms with Gasteiger partial charge in [0.1, 0.15) is 6.04 Å². The summed E-state index contributed by atoms with van der Waals surface area (Å²) < 4.78 is 0. The molecule has 1 atom stereocenters. The van der Waals surface area contributed by atoms with Crippen molar-refractivity contribution in [3.05, 3.63) is 0 Å². The summed E-state index contributed by atoms with van der Waals surface area (Å²) in [6.07, 6.45) is 0.564. The van der Waals surface area contributed by atoms with E-state index in [9.17, 15) is 14.4 Å². The van der Waals surface area contributed by atoms with Crippen LogP contribution in [-0.4, -0.2) is 67.6 Å². The summed E-state index contributed by atoms with van der Waals surface area (Å²) in [5, 5.41) is 16.5. The summed E-state index contributed by atoms with van der Waals surface area (Å²) in [5.41, 5.74) is 15.6. The first-order chi connectivity index (χ1) is 10.9. The Kier molecular flexibility index (Phi) is 10.9. The van der Waals surface area contributed by atoms with Gasteiger partial charge in [0.25, 0.3) is 0 Å². The Hall–Kier alpha value is -2.40. The van der Waals surface area contributed by atoms with Gasteiger partial charge in [-0.3, -0.25) is 14.6 Å². The van der Waals surface area contributed by atoms with Gasteiger partial charge in [-0.15, -0.1) is 0 Å². The van der Waals surface area contributed by atoms with E-state index in [0.717, 1.165) is 0 Å². The monoisotopic (exact) mass is 331 g/mol. The third-order valence-electron chi connectivity index (χ3n) is 2.63. The first-order valence-corrected chi connectivity index (χ1v) is 7.11. The van der Waals surface area contributed by atoms with Crippen molar-refractivity contribution in [1.82, 2.24) is 16.0 Å². The Labute approximate surface area is 134 Å². The molecular weight excluding hydrogens is 306 g/mol. The second-order valence-electron chi connectivity index (χ2n) is 4.65. The van der Waals surface area contributed by atoms with Crippen LogP contribution in [-0.2, 0) is 14.4 Å². The number of hydrogen-bond acceptors (Lipinski definition) is 6. The number of nitrogens with zero attached hydrogens (tertiary/aromatic N) is 1. The van der Waals surface area contributed by atoms with Crippen molar-refractivity contribution in [3.8, 4) is 0 Å². The highest BCUT2D eigenvalue weighted by Gasteiger charge is 2.19. The number of carbonyl (C=O) groups is 3. The van der Waals surface area contributed by atoms with Gasteiger partial charge < -0.3 is 38.3 Å². The van der Waals surface area contributed by atoms with Gasteiger partial charge >= 0.3 is 5.97 Å². The van der Waals surface area contributed by atoms with E-state index in [1.807, 2.05) is 0 Å². The van der Waals surface area contributed by atoms with Crippen LogP contribution in [0.25, 0.3) is 0 Å². The van der Waals surface area contributed by atoms with E-state index < -0.39 is 17.9 Å². The molecule has 132 valence electrons. The molecule has 11 heteroatoms. The summed E-state index contributed by atoms with van der Waals surface area (Å²) >= 11 is 0. The first-order valence-electron chi connectivity index (χ1n) is 7.11. The van der Waals surface area contributed by atoms with Crippen LogP contribution in [0.2, 0.25) is 0 Å². The van der Waals surface area contributed by atoms with Crippen molar-refractivity contribution >= 4 is 23.7 Å². The average molecular weight is 331 g/mol. The standard InChI is InChI=1S/C12H25N7O4/c13-3-5-16-6-9(20)18-7-10(21)19-8(11(22)23)2-1-4-17-12(14)15/h8,16H,1-7,13H2,(H,18,20)(H,19,21)(H,22,23)(H4,14,15,17)/t8-/m0/s1. The molecule has 0 aromatic rings. The van der Waals surface area contributed by atoms with Crippen LogP contribution in [0.5, 0.6) is 0 Å². The maximum absolute atomic E-state index is 11.6. The predicted octanol–water partition coefficient (Wildman–Crippen LogP) is -3.73. The van der Waals surface area contributed by atoms with Gasteiger partial charge in [-0.25, -0.2) is 4.79 Å². The van der Waals surface area contributed by atoms with Gasteiger partial charge in [0.15, 0.2) is 5.96 Å². The third-order valence-corrected chi connectivity index (χ3v) is 2.63. The summed E-state index contributed by atoms with van der Waals surface area (Å²) in [4.78, 5) is 37.8. The lowest BCUT2D eigenvalue weighted by molar-refractivity contribution is -0.141. The number of carboxylic acid groups (broad SMARTS) is 1. The average Bonchev–Trinajstić information content (AvgIpc) is 2.48. The zero-order chi connectivity index (χ0) is 17.7. The molecule has 0 bridgehead atoms. The van der Waals surface area contributed by atoms with Gasteiger partial charge in [0.2, 0.25) is 11.8 Å². The summed E-state index contributed by atoms with van der Waals surface area (Å²) in [6.45, 7) is 0.877. The molecule has 0 aliphatic heterocycles. The minimum Gasteiger partial charge on any atom is -0.480 e. The van der Waals surface area contributed by atoms with Gasteiger partial charge in [-0.2, -0.15) is 0 Å². The Bertz CT molecular complexity index is 424. The van der Waals surface area contributed by atoms with Crippen molar-refractivity contribution in [2.24, 2.45) is 22.2 Å². The van der Waals surface area contributed by atoms with Gasteiger partial charge in [0, 0.05) is 19.6 Å². The van der Waals surface area contributed by atoms with Crippen LogP contribution in [0.3, 0.4) is 0 Å². The normalized spacial score (nSPS) is 11.3. The molecule has 0 unspecified atom stereocenters. The van der Waals surface area contributed by atoms with Crippen LogP contribution in [0, 0.1) is 0 Å². The fourth-order valence-electron chi connectivity index (χ4n) is 1.55. The van der Waals surface area contributed by atoms with E-state index in [2.05, 4.69) is 20.9 Å². The molecule has 0 aliphatic carbocycles. The van der Waals surface area contributed by atoms with E-state index in [0.29, 0.717) is 19.5 Å². The molecule has 0 aromatic heterocycles. The molecule has 0 radical (unpaired) electrons. The van der Waals surface area contributed by atoms with Crippen LogP contribution < -0.4 is 33.2 Å². The number of aliphatic imine (C=N–C) groups is 1. The van der Waals surface area contributed by atoms with Crippen LogP contribution in [0.1, 0.15) is 12.8 Å². The summed E-state index contributed by atoms with van der Waals surface area (Å²) in [6, 6.07) is -1.07. The van der Waals surface area contributed by atoms with Crippen LogP contribution >= 0.6 is 0 Å². The zero-order valence-electron chi connectivity index (χ0n) is 12.9. The van der Waals surface area contributed by atoms with Crippen molar-refractivity contribution in [1.29, 1.82) is 0 Å². The minimum atomic E-state index is -1.17. The molecule has 0 aliphatic rings. The molecule has 23 heavy (non-hydrogen) atoms. The zero-order valence-corrected chi connectivity index (χ0v) is 12.9. The quantitative estimate of drug-likeness (QED) is 0.107. The summed E-state index contributed by atoms with van der Waals surface area (Å²) in [5.74, 6) is -2.22. The number of amides is 2. The number of nitrogens with one attached hydrogen (secondary N) is 3. The molecule has 0 rings (SSSR count). The van der Waals surface area contributed by atoms with Crippen LogP contribution in [0.4, 0.5) is 0 Å². The number of guanidine groups is 1. The minimum absolute atomic E-state index is 0.0331. The molecule has 0 spiro atoms. The smallest absolute Gasteiger partial charge is 0.326 e. The van der Waals surface area contributed by atoms with Crippen LogP contribution in [0.15, 0.2) is 4.99 Å². The molecule has 11 nitrogen and oxygen atoms in total. The number of aliphatic carboxylic acids is 1. The number of carboxylic acids is 1.